The number of anilines is 1. The molecule has 5 N–H and O–H groups in total. The van der Waals surface area contributed by atoms with Crippen LogP contribution < -0.4 is 11.3 Å². The molecule has 1 aromatic carbocycles. The van der Waals surface area contributed by atoms with Crippen LogP contribution in [0.3, 0.4) is 0 Å². The Morgan fingerprint density at radius 2 is 2.22 bits per heavy atom. The highest BCUT2D eigenvalue weighted by Gasteiger charge is 2.22. The summed E-state index contributed by atoms with van der Waals surface area (Å²) in [4.78, 5) is 10.9. The second kappa shape index (κ2) is 6.29. The second-order valence-electron chi connectivity index (χ2n) is 3.68. The molecule has 0 aliphatic carbocycles. The molecule has 0 saturated heterocycles. The predicted octanol–water partition coefficient (Wildman–Crippen LogP) is 0.0687. The summed E-state index contributed by atoms with van der Waals surface area (Å²) in [5, 5.41) is 19.3. The zero-order chi connectivity index (χ0) is 13.7. The third kappa shape index (κ3) is 3.39. The Bertz CT molecular complexity index is 428. The van der Waals surface area contributed by atoms with Gasteiger partial charge in [-0.05, 0) is 17.7 Å². The highest BCUT2D eigenvalue weighted by atomic mass is 19.1. The molecule has 0 heterocycles. The molecule has 0 amide bonds. The number of halogens is 1. The highest BCUT2D eigenvalue weighted by molar-refractivity contribution is 5.69. The minimum absolute atomic E-state index is 0.0633. The quantitative estimate of drug-likeness (QED) is 0.338. The van der Waals surface area contributed by atoms with Crippen LogP contribution in [0.4, 0.5) is 10.1 Å². The molecule has 100 valence electrons. The Morgan fingerprint density at radius 1 is 1.56 bits per heavy atom. The van der Waals surface area contributed by atoms with Crippen molar-refractivity contribution >= 4 is 11.7 Å². The number of rotatable bonds is 5. The SMILES string of the molecule is COC(=O)CC(O)C(O)c1ccc(NN)c(F)c1. The van der Waals surface area contributed by atoms with E-state index in [0.29, 0.717) is 0 Å². The van der Waals surface area contributed by atoms with E-state index in [1.165, 1.54) is 19.2 Å². The number of carbonyl (C=O) groups is 1. The standard InChI is InChI=1S/C11H15FN2O4/c1-18-10(16)5-9(15)11(17)6-2-3-8(14-13)7(12)4-6/h2-4,9,11,14-15,17H,5,13H2,1H3. The molecule has 1 rings (SSSR count). The average molecular weight is 258 g/mol. The number of methoxy groups -OCH3 is 1. The van der Waals surface area contributed by atoms with E-state index in [9.17, 15) is 19.4 Å². The fourth-order valence-corrected chi connectivity index (χ4v) is 1.42. The van der Waals surface area contributed by atoms with Gasteiger partial charge in [-0.2, -0.15) is 0 Å². The van der Waals surface area contributed by atoms with E-state index < -0.39 is 24.0 Å². The number of esters is 1. The van der Waals surface area contributed by atoms with E-state index in [1.54, 1.807) is 0 Å². The first-order chi connectivity index (χ1) is 8.49. The zero-order valence-corrected chi connectivity index (χ0v) is 9.76. The normalized spacial score (nSPS) is 13.8. The summed E-state index contributed by atoms with van der Waals surface area (Å²) in [5.41, 5.74) is 2.34. The summed E-state index contributed by atoms with van der Waals surface area (Å²) in [7, 11) is 1.17. The zero-order valence-electron chi connectivity index (χ0n) is 9.76. The predicted molar refractivity (Wildman–Crippen MR) is 61.8 cm³/mol. The first-order valence-electron chi connectivity index (χ1n) is 5.18. The maximum Gasteiger partial charge on any atom is 0.308 e. The lowest BCUT2D eigenvalue weighted by molar-refractivity contribution is -0.144. The average Bonchev–Trinajstić information content (AvgIpc) is 2.37. The molecule has 0 spiro atoms. The fraction of sp³-hybridized carbons (Fsp3) is 0.364. The first-order valence-corrected chi connectivity index (χ1v) is 5.18. The molecule has 0 aliphatic heterocycles. The van der Waals surface area contributed by atoms with Crippen LogP contribution in [0.2, 0.25) is 0 Å². The van der Waals surface area contributed by atoms with E-state index in [0.717, 1.165) is 6.07 Å². The Labute approximate surface area is 103 Å². The van der Waals surface area contributed by atoms with Crippen molar-refractivity contribution in [1.82, 2.24) is 0 Å². The van der Waals surface area contributed by atoms with Crippen molar-refractivity contribution in [2.24, 2.45) is 5.84 Å². The van der Waals surface area contributed by atoms with Crippen molar-refractivity contribution < 1.29 is 24.1 Å². The van der Waals surface area contributed by atoms with Gasteiger partial charge in [0, 0.05) is 0 Å². The minimum Gasteiger partial charge on any atom is -0.469 e. The van der Waals surface area contributed by atoms with Crippen molar-refractivity contribution in [1.29, 1.82) is 0 Å². The summed E-state index contributed by atoms with van der Waals surface area (Å²) in [6.45, 7) is 0. The van der Waals surface area contributed by atoms with Gasteiger partial charge in [-0.3, -0.25) is 10.6 Å². The third-order valence-electron chi connectivity index (χ3n) is 2.46. The van der Waals surface area contributed by atoms with Gasteiger partial charge in [-0.1, -0.05) is 6.07 Å². The van der Waals surface area contributed by atoms with Crippen LogP contribution in [-0.2, 0) is 9.53 Å². The lowest BCUT2D eigenvalue weighted by Gasteiger charge is -2.17. The van der Waals surface area contributed by atoms with E-state index in [4.69, 9.17) is 5.84 Å². The van der Waals surface area contributed by atoms with Gasteiger partial charge in [0.1, 0.15) is 11.9 Å². The van der Waals surface area contributed by atoms with E-state index >= 15 is 0 Å². The lowest BCUT2D eigenvalue weighted by atomic mass is 10.0. The Balaban J connectivity index is 2.80. The summed E-state index contributed by atoms with van der Waals surface area (Å²) in [6.07, 6.45) is -3.13. The van der Waals surface area contributed by atoms with Gasteiger partial charge in [0.2, 0.25) is 0 Å². The molecule has 7 heteroatoms. The van der Waals surface area contributed by atoms with Crippen LogP contribution >= 0.6 is 0 Å². The van der Waals surface area contributed by atoms with E-state index in [-0.39, 0.29) is 17.7 Å². The van der Waals surface area contributed by atoms with E-state index in [1.807, 2.05) is 0 Å². The summed E-state index contributed by atoms with van der Waals surface area (Å²) in [6, 6.07) is 3.74. The number of carbonyl (C=O) groups excluding carboxylic acids is 1. The van der Waals surface area contributed by atoms with Crippen LogP contribution in [0.25, 0.3) is 0 Å². The second-order valence-corrected chi connectivity index (χ2v) is 3.68. The molecule has 0 aliphatic rings. The van der Waals surface area contributed by atoms with Crippen LogP contribution in [-0.4, -0.2) is 29.4 Å². The van der Waals surface area contributed by atoms with Crippen molar-refractivity contribution in [2.75, 3.05) is 12.5 Å². The molecule has 0 fully saturated rings. The van der Waals surface area contributed by atoms with Gasteiger partial charge in [0.15, 0.2) is 0 Å². The number of hydrazine groups is 1. The first kappa shape index (κ1) is 14.4. The van der Waals surface area contributed by atoms with Gasteiger partial charge in [-0.25, -0.2) is 4.39 Å². The molecule has 0 bridgehead atoms. The molecular formula is C11H15FN2O4. The number of benzene rings is 1. The van der Waals surface area contributed by atoms with Crippen molar-refractivity contribution in [3.63, 3.8) is 0 Å². The van der Waals surface area contributed by atoms with Crippen LogP contribution in [0.15, 0.2) is 18.2 Å². The Kier molecular flexibility index (Phi) is 5.02. The monoisotopic (exact) mass is 258 g/mol. The molecule has 0 radical (unpaired) electrons. The van der Waals surface area contributed by atoms with Crippen LogP contribution in [0.5, 0.6) is 0 Å². The van der Waals surface area contributed by atoms with Crippen molar-refractivity contribution in [2.45, 2.75) is 18.6 Å². The number of nitrogens with two attached hydrogens (primary N) is 1. The number of nitrogen functional groups attached to an aromatic ring is 1. The highest BCUT2D eigenvalue weighted by Crippen LogP contribution is 2.23. The Morgan fingerprint density at radius 3 is 2.72 bits per heavy atom. The number of hydrogen-bond donors (Lipinski definition) is 4. The van der Waals surface area contributed by atoms with Crippen LogP contribution in [0.1, 0.15) is 18.1 Å². The smallest absolute Gasteiger partial charge is 0.308 e. The number of aliphatic hydroxyl groups excluding tert-OH is 2. The molecule has 0 saturated carbocycles. The number of ether oxygens (including phenoxy) is 1. The molecule has 6 nitrogen and oxygen atoms in total. The van der Waals surface area contributed by atoms with Crippen molar-refractivity contribution in [3.8, 4) is 0 Å². The molecule has 2 unspecified atom stereocenters. The van der Waals surface area contributed by atoms with E-state index in [2.05, 4.69) is 10.2 Å². The molecule has 2 atom stereocenters. The fourth-order valence-electron chi connectivity index (χ4n) is 1.42. The van der Waals surface area contributed by atoms with Gasteiger partial charge >= 0.3 is 5.97 Å². The lowest BCUT2D eigenvalue weighted by Crippen LogP contribution is -2.22. The summed E-state index contributed by atoms with van der Waals surface area (Å²) >= 11 is 0. The molecule has 0 aromatic heterocycles. The molecule has 18 heavy (non-hydrogen) atoms. The summed E-state index contributed by atoms with van der Waals surface area (Å²) in [5.74, 6) is 3.73. The Hall–Kier alpha value is -1.70. The van der Waals surface area contributed by atoms with Gasteiger partial charge in [0.05, 0.1) is 25.3 Å². The number of hydrogen-bond acceptors (Lipinski definition) is 6. The maximum atomic E-state index is 13.4. The number of nitrogens with one attached hydrogen (secondary N) is 1. The largest absolute Gasteiger partial charge is 0.469 e. The van der Waals surface area contributed by atoms with Crippen LogP contribution in [0, 0.1) is 5.82 Å². The summed E-state index contributed by atoms with van der Waals surface area (Å²) < 4.78 is 17.7. The number of aliphatic hydroxyl groups is 2. The van der Waals surface area contributed by atoms with Crippen molar-refractivity contribution in [3.05, 3.63) is 29.6 Å². The molecule has 1 aromatic rings. The van der Waals surface area contributed by atoms with Gasteiger partial charge in [0.25, 0.3) is 0 Å². The minimum atomic E-state index is -1.38. The third-order valence-corrected chi connectivity index (χ3v) is 2.46. The topological polar surface area (TPSA) is 105 Å². The van der Waals surface area contributed by atoms with Gasteiger partial charge in [-0.15, -0.1) is 0 Å². The van der Waals surface area contributed by atoms with Gasteiger partial charge < -0.3 is 20.4 Å². The molecular weight excluding hydrogens is 243 g/mol. The maximum absolute atomic E-state index is 13.4.